The second-order valence-electron chi connectivity index (χ2n) is 4.24. The number of hydrogen-bond donors (Lipinski definition) is 1. The Bertz CT molecular complexity index is 207. The lowest BCUT2D eigenvalue weighted by Gasteiger charge is -2.31. The molecule has 2 amide bonds. The first kappa shape index (κ1) is 10.2. The van der Waals surface area contributed by atoms with E-state index in [-0.39, 0.29) is 17.2 Å². The van der Waals surface area contributed by atoms with E-state index in [1.54, 1.807) is 0 Å². The van der Waals surface area contributed by atoms with Crippen LogP contribution in [-0.2, 0) is 9.59 Å². The van der Waals surface area contributed by atoms with Crippen LogP contribution in [0.25, 0.3) is 0 Å². The number of carbonyl (C=O) groups is 2. The number of amides is 2. The summed E-state index contributed by atoms with van der Waals surface area (Å²) >= 11 is 0. The highest BCUT2D eigenvalue weighted by Crippen LogP contribution is 2.34. The molecule has 13 heavy (non-hydrogen) atoms. The van der Waals surface area contributed by atoms with E-state index in [1.165, 1.54) is 0 Å². The maximum atomic E-state index is 11.1. The summed E-state index contributed by atoms with van der Waals surface area (Å²) in [5.74, 6) is -0.232. The van der Waals surface area contributed by atoms with Crippen LogP contribution in [0.4, 0.5) is 0 Å². The van der Waals surface area contributed by atoms with Gasteiger partial charge in [0.2, 0.25) is 11.8 Å². The lowest BCUT2D eigenvalue weighted by atomic mass is 9.76. The van der Waals surface area contributed by atoms with Crippen molar-refractivity contribution >= 4 is 11.8 Å². The Kier molecular flexibility index (Phi) is 3.07. The van der Waals surface area contributed by atoms with Crippen molar-refractivity contribution in [3.05, 3.63) is 0 Å². The molecule has 1 aliphatic rings. The van der Waals surface area contributed by atoms with Crippen molar-refractivity contribution in [2.75, 3.05) is 0 Å². The Hall–Kier alpha value is -0.860. The summed E-state index contributed by atoms with van der Waals surface area (Å²) < 4.78 is 0. The lowest BCUT2D eigenvalue weighted by molar-refractivity contribution is -0.137. The molecular weight excluding hydrogens is 166 g/mol. The molecule has 0 aromatic carbocycles. The normalized spacial score (nSPS) is 21.4. The van der Waals surface area contributed by atoms with E-state index in [1.807, 2.05) is 6.92 Å². The molecular formula is C10H17NO2. The molecule has 1 heterocycles. The van der Waals surface area contributed by atoms with Crippen LogP contribution in [0.2, 0.25) is 0 Å². The predicted octanol–water partition coefficient (Wildman–Crippen LogP) is 1.62. The first-order valence-corrected chi connectivity index (χ1v) is 4.88. The Morgan fingerprint density at radius 3 is 2.31 bits per heavy atom. The SMILES string of the molecule is CCCCC1(C)CC(=O)NC(=O)C1. The zero-order valence-corrected chi connectivity index (χ0v) is 8.35. The predicted molar refractivity (Wildman–Crippen MR) is 50.0 cm³/mol. The minimum atomic E-state index is -0.116. The molecule has 74 valence electrons. The minimum Gasteiger partial charge on any atom is -0.296 e. The third-order valence-corrected chi connectivity index (χ3v) is 2.59. The fourth-order valence-corrected chi connectivity index (χ4v) is 1.86. The van der Waals surface area contributed by atoms with Gasteiger partial charge in [0, 0.05) is 12.8 Å². The highest BCUT2D eigenvalue weighted by molar-refractivity contribution is 5.98. The monoisotopic (exact) mass is 183 g/mol. The molecule has 0 aromatic heterocycles. The summed E-state index contributed by atoms with van der Waals surface area (Å²) in [6.07, 6.45) is 4.18. The summed E-state index contributed by atoms with van der Waals surface area (Å²) in [5, 5.41) is 2.33. The number of nitrogens with one attached hydrogen (secondary N) is 1. The molecule has 1 saturated heterocycles. The fraction of sp³-hybridized carbons (Fsp3) is 0.800. The second kappa shape index (κ2) is 3.90. The molecule has 1 N–H and O–H groups in total. The van der Waals surface area contributed by atoms with E-state index in [0.717, 1.165) is 19.3 Å². The van der Waals surface area contributed by atoms with Crippen molar-refractivity contribution in [2.24, 2.45) is 5.41 Å². The number of piperidine rings is 1. The number of rotatable bonds is 3. The molecule has 0 bridgehead atoms. The van der Waals surface area contributed by atoms with Gasteiger partial charge in [-0.3, -0.25) is 14.9 Å². The number of unbranched alkanes of at least 4 members (excludes halogenated alkanes) is 1. The van der Waals surface area contributed by atoms with Gasteiger partial charge in [0.05, 0.1) is 0 Å². The first-order valence-electron chi connectivity index (χ1n) is 4.88. The third-order valence-electron chi connectivity index (χ3n) is 2.59. The van der Waals surface area contributed by atoms with Gasteiger partial charge in [0.15, 0.2) is 0 Å². The molecule has 0 atom stereocenters. The molecule has 0 unspecified atom stereocenters. The Labute approximate surface area is 78.9 Å². The van der Waals surface area contributed by atoms with Crippen molar-refractivity contribution in [2.45, 2.75) is 46.0 Å². The number of hydrogen-bond acceptors (Lipinski definition) is 2. The van der Waals surface area contributed by atoms with Crippen LogP contribution < -0.4 is 5.32 Å². The molecule has 3 nitrogen and oxygen atoms in total. The average Bonchev–Trinajstić information content (AvgIpc) is 1.98. The van der Waals surface area contributed by atoms with Crippen molar-refractivity contribution in [1.82, 2.24) is 5.32 Å². The minimum absolute atomic E-state index is 0.0879. The molecule has 0 aliphatic carbocycles. The van der Waals surface area contributed by atoms with E-state index >= 15 is 0 Å². The molecule has 3 heteroatoms. The molecule has 1 rings (SSSR count). The summed E-state index contributed by atoms with van der Waals surface area (Å²) in [4.78, 5) is 22.2. The zero-order valence-electron chi connectivity index (χ0n) is 8.35. The van der Waals surface area contributed by atoms with Gasteiger partial charge in [-0.25, -0.2) is 0 Å². The maximum absolute atomic E-state index is 11.1. The van der Waals surface area contributed by atoms with Gasteiger partial charge in [-0.15, -0.1) is 0 Å². The standard InChI is InChI=1S/C10H17NO2/c1-3-4-5-10(2)6-8(12)11-9(13)7-10/h3-7H2,1-2H3,(H,11,12,13). The van der Waals surface area contributed by atoms with Crippen LogP contribution in [-0.4, -0.2) is 11.8 Å². The van der Waals surface area contributed by atoms with Crippen molar-refractivity contribution in [3.8, 4) is 0 Å². The topological polar surface area (TPSA) is 46.2 Å². The van der Waals surface area contributed by atoms with E-state index in [2.05, 4.69) is 12.2 Å². The summed E-state index contributed by atoms with van der Waals surface area (Å²) in [6, 6.07) is 0. The van der Waals surface area contributed by atoms with Gasteiger partial charge in [-0.1, -0.05) is 26.7 Å². The van der Waals surface area contributed by atoms with Gasteiger partial charge in [-0.2, -0.15) is 0 Å². The van der Waals surface area contributed by atoms with Crippen molar-refractivity contribution in [3.63, 3.8) is 0 Å². The molecule has 0 spiro atoms. The zero-order chi connectivity index (χ0) is 9.90. The van der Waals surface area contributed by atoms with E-state index in [4.69, 9.17) is 0 Å². The smallest absolute Gasteiger partial charge is 0.227 e. The van der Waals surface area contributed by atoms with Gasteiger partial charge in [0.25, 0.3) is 0 Å². The molecule has 0 aromatic rings. The highest BCUT2D eigenvalue weighted by Gasteiger charge is 2.34. The summed E-state index contributed by atoms with van der Waals surface area (Å²) in [6.45, 7) is 4.15. The van der Waals surface area contributed by atoms with Crippen LogP contribution in [0.15, 0.2) is 0 Å². The van der Waals surface area contributed by atoms with Crippen LogP contribution in [0.1, 0.15) is 46.0 Å². The van der Waals surface area contributed by atoms with Crippen LogP contribution >= 0.6 is 0 Å². The molecule has 0 saturated carbocycles. The van der Waals surface area contributed by atoms with Crippen LogP contribution in [0, 0.1) is 5.41 Å². The largest absolute Gasteiger partial charge is 0.296 e. The maximum Gasteiger partial charge on any atom is 0.227 e. The Morgan fingerprint density at radius 1 is 1.31 bits per heavy atom. The second-order valence-corrected chi connectivity index (χ2v) is 4.24. The van der Waals surface area contributed by atoms with Crippen LogP contribution in [0.3, 0.4) is 0 Å². The number of carbonyl (C=O) groups excluding carboxylic acids is 2. The van der Waals surface area contributed by atoms with Gasteiger partial charge in [-0.05, 0) is 11.8 Å². The van der Waals surface area contributed by atoms with Gasteiger partial charge in [0.1, 0.15) is 0 Å². The van der Waals surface area contributed by atoms with Gasteiger partial charge < -0.3 is 0 Å². The van der Waals surface area contributed by atoms with Crippen molar-refractivity contribution < 1.29 is 9.59 Å². The number of imide groups is 1. The Morgan fingerprint density at radius 2 is 1.85 bits per heavy atom. The third kappa shape index (κ3) is 2.83. The lowest BCUT2D eigenvalue weighted by Crippen LogP contribution is -2.43. The molecule has 1 fully saturated rings. The first-order chi connectivity index (χ1) is 6.06. The molecule has 1 aliphatic heterocycles. The Balaban J connectivity index is 2.55. The quantitative estimate of drug-likeness (QED) is 0.676. The average molecular weight is 183 g/mol. The van der Waals surface area contributed by atoms with Gasteiger partial charge >= 0.3 is 0 Å². The fourth-order valence-electron chi connectivity index (χ4n) is 1.86. The summed E-state index contributed by atoms with van der Waals surface area (Å²) in [5.41, 5.74) is -0.0879. The van der Waals surface area contributed by atoms with Crippen molar-refractivity contribution in [1.29, 1.82) is 0 Å². The summed E-state index contributed by atoms with van der Waals surface area (Å²) in [7, 11) is 0. The van der Waals surface area contributed by atoms with E-state index in [9.17, 15) is 9.59 Å². The highest BCUT2D eigenvalue weighted by atomic mass is 16.2. The van der Waals surface area contributed by atoms with Crippen LogP contribution in [0.5, 0.6) is 0 Å². The molecule has 0 radical (unpaired) electrons. The van der Waals surface area contributed by atoms with E-state index < -0.39 is 0 Å². The van der Waals surface area contributed by atoms with E-state index in [0.29, 0.717) is 12.8 Å².